The topological polar surface area (TPSA) is 75.7 Å². The fraction of sp³-hybridized carbons (Fsp3) is 0.545. The summed E-state index contributed by atoms with van der Waals surface area (Å²) in [6, 6.07) is 3.89. The zero-order valence-electron chi connectivity index (χ0n) is 11.0. The van der Waals surface area contributed by atoms with Gasteiger partial charge >= 0.3 is 5.97 Å². The van der Waals surface area contributed by atoms with Gasteiger partial charge < -0.3 is 4.74 Å². The molecule has 0 spiro atoms. The van der Waals surface area contributed by atoms with Crippen LogP contribution in [0, 0.1) is 0 Å². The number of esters is 1. The Labute approximate surface area is 117 Å². The molecule has 0 aliphatic carbocycles. The fourth-order valence-corrected chi connectivity index (χ4v) is 2.96. The Morgan fingerprint density at radius 1 is 1.53 bits per heavy atom. The predicted molar refractivity (Wildman–Crippen MR) is 74.2 cm³/mol. The highest BCUT2D eigenvalue weighted by molar-refractivity contribution is 7.87. The van der Waals surface area contributed by atoms with Gasteiger partial charge in [0.05, 0.1) is 13.5 Å². The average molecular weight is 306 g/mol. The van der Waals surface area contributed by atoms with Crippen molar-refractivity contribution in [3.63, 3.8) is 0 Å². The minimum atomic E-state index is -3.54. The number of thiophene rings is 1. The third-order valence-electron chi connectivity index (χ3n) is 2.50. The Kier molecular flexibility index (Phi) is 6.43. The van der Waals surface area contributed by atoms with Crippen LogP contribution >= 0.6 is 11.3 Å². The molecule has 1 N–H and O–H groups in total. The summed E-state index contributed by atoms with van der Waals surface area (Å²) in [5, 5.41) is 1.95. The molecule has 0 aliphatic heterocycles. The lowest BCUT2D eigenvalue weighted by Gasteiger charge is -2.16. The monoisotopic (exact) mass is 306 g/mol. The van der Waals surface area contributed by atoms with Gasteiger partial charge in [-0.15, -0.1) is 11.3 Å². The molecule has 0 aromatic carbocycles. The molecule has 0 aliphatic rings. The first-order valence-corrected chi connectivity index (χ1v) is 8.08. The second-order valence-corrected chi connectivity index (χ2v) is 6.77. The molecular formula is C11H18N2O4S2. The number of hydrogen-bond acceptors (Lipinski definition) is 5. The fourth-order valence-electron chi connectivity index (χ4n) is 1.34. The minimum Gasteiger partial charge on any atom is -0.469 e. The number of hydrogen-bond donors (Lipinski definition) is 1. The van der Waals surface area contributed by atoms with E-state index in [4.69, 9.17) is 0 Å². The second kappa shape index (κ2) is 7.59. The molecule has 6 nitrogen and oxygen atoms in total. The van der Waals surface area contributed by atoms with Crippen molar-refractivity contribution in [3.05, 3.63) is 22.4 Å². The molecule has 0 radical (unpaired) electrons. The molecule has 0 saturated heterocycles. The van der Waals surface area contributed by atoms with Crippen LogP contribution in [0.2, 0.25) is 0 Å². The molecule has 19 heavy (non-hydrogen) atoms. The average Bonchev–Trinajstić information content (AvgIpc) is 2.88. The van der Waals surface area contributed by atoms with Crippen molar-refractivity contribution >= 4 is 27.5 Å². The van der Waals surface area contributed by atoms with Crippen LogP contribution in [0.3, 0.4) is 0 Å². The van der Waals surface area contributed by atoms with Gasteiger partial charge in [-0.05, 0) is 17.9 Å². The molecule has 0 fully saturated rings. The van der Waals surface area contributed by atoms with Crippen LogP contribution in [-0.4, -0.2) is 45.9 Å². The lowest BCUT2D eigenvalue weighted by Crippen LogP contribution is -2.40. The molecule has 1 heterocycles. The zero-order valence-corrected chi connectivity index (χ0v) is 12.6. The van der Waals surface area contributed by atoms with E-state index >= 15 is 0 Å². The van der Waals surface area contributed by atoms with Gasteiger partial charge in [0.2, 0.25) is 0 Å². The maximum absolute atomic E-state index is 11.8. The molecule has 0 amide bonds. The van der Waals surface area contributed by atoms with Gasteiger partial charge in [-0.2, -0.15) is 12.7 Å². The van der Waals surface area contributed by atoms with E-state index in [-0.39, 0.29) is 13.0 Å². The molecular weight excluding hydrogens is 288 g/mol. The first-order valence-electron chi connectivity index (χ1n) is 5.76. The van der Waals surface area contributed by atoms with Gasteiger partial charge in [-0.25, -0.2) is 4.72 Å². The summed E-state index contributed by atoms with van der Waals surface area (Å²) in [7, 11) is -0.836. The summed E-state index contributed by atoms with van der Waals surface area (Å²) in [6.45, 7) is 0.437. The van der Waals surface area contributed by atoms with Crippen molar-refractivity contribution in [3.8, 4) is 0 Å². The van der Waals surface area contributed by atoms with Gasteiger partial charge in [0.25, 0.3) is 10.2 Å². The molecule has 0 bridgehead atoms. The van der Waals surface area contributed by atoms with E-state index < -0.39 is 16.2 Å². The van der Waals surface area contributed by atoms with Crippen LogP contribution < -0.4 is 4.72 Å². The highest BCUT2D eigenvalue weighted by Crippen LogP contribution is 2.08. The molecule has 0 unspecified atom stereocenters. The van der Waals surface area contributed by atoms with Gasteiger partial charge in [0.1, 0.15) is 0 Å². The van der Waals surface area contributed by atoms with Crippen molar-refractivity contribution < 1.29 is 17.9 Å². The van der Waals surface area contributed by atoms with E-state index in [0.29, 0.717) is 13.0 Å². The molecule has 0 atom stereocenters. The Bertz CT molecular complexity index is 485. The van der Waals surface area contributed by atoms with Crippen LogP contribution in [0.25, 0.3) is 0 Å². The van der Waals surface area contributed by atoms with E-state index in [1.807, 2.05) is 17.5 Å². The van der Waals surface area contributed by atoms with Crippen molar-refractivity contribution in [2.24, 2.45) is 0 Å². The van der Waals surface area contributed by atoms with E-state index in [0.717, 1.165) is 9.18 Å². The number of nitrogens with one attached hydrogen (secondary N) is 1. The Morgan fingerprint density at radius 3 is 2.84 bits per heavy atom. The number of rotatable bonds is 8. The van der Waals surface area contributed by atoms with E-state index in [1.54, 1.807) is 11.3 Å². The largest absolute Gasteiger partial charge is 0.469 e. The van der Waals surface area contributed by atoms with Crippen LogP contribution in [-0.2, 0) is 26.2 Å². The molecule has 108 valence electrons. The highest BCUT2D eigenvalue weighted by atomic mass is 32.2. The zero-order chi connectivity index (χ0) is 14.3. The van der Waals surface area contributed by atoms with Gasteiger partial charge in [-0.3, -0.25) is 4.79 Å². The van der Waals surface area contributed by atoms with Crippen LogP contribution in [0.5, 0.6) is 0 Å². The lowest BCUT2D eigenvalue weighted by atomic mass is 10.3. The molecule has 1 aromatic rings. The normalized spacial score (nSPS) is 11.7. The maximum Gasteiger partial charge on any atom is 0.306 e. The Hall–Kier alpha value is -0.960. The minimum absolute atomic E-state index is 0.0405. The third-order valence-corrected chi connectivity index (χ3v) is 5.01. The van der Waals surface area contributed by atoms with Crippen LogP contribution in [0.4, 0.5) is 0 Å². The number of methoxy groups -OCH3 is 1. The third kappa shape index (κ3) is 5.68. The number of carbonyl (C=O) groups is 1. The number of ether oxygens (including phenoxy) is 1. The van der Waals surface area contributed by atoms with Gasteiger partial charge in [-0.1, -0.05) is 6.07 Å². The quantitative estimate of drug-likeness (QED) is 0.714. The standard InChI is InChI=1S/C11H18N2O4S2/c1-13(8-6-11(14)17-2)19(15,16)12-7-5-10-4-3-9-18-10/h3-4,9,12H,5-8H2,1-2H3. The lowest BCUT2D eigenvalue weighted by molar-refractivity contribution is -0.140. The van der Waals surface area contributed by atoms with Gasteiger partial charge in [0, 0.05) is 25.0 Å². The first kappa shape index (κ1) is 16.1. The van der Waals surface area contributed by atoms with E-state index in [1.165, 1.54) is 14.2 Å². The molecule has 1 aromatic heterocycles. The van der Waals surface area contributed by atoms with Crippen molar-refractivity contribution in [2.45, 2.75) is 12.8 Å². The number of carbonyl (C=O) groups excluding carboxylic acids is 1. The molecule has 8 heteroatoms. The van der Waals surface area contributed by atoms with Gasteiger partial charge in [0.15, 0.2) is 0 Å². The summed E-state index contributed by atoms with van der Waals surface area (Å²) in [6.07, 6.45) is 0.695. The van der Waals surface area contributed by atoms with Crippen LogP contribution in [0.1, 0.15) is 11.3 Å². The summed E-state index contributed by atoms with van der Waals surface area (Å²) in [5.74, 6) is -0.430. The highest BCUT2D eigenvalue weighted by Gasteiger charge is 2.17. The number of nitrogens with zero attached hydrogens (tertiary/aromatic N) is 1. The summed E-state index contributed by atoms with van der Waals surface area (Å²) in [5.41, 5.74) is 0. The summed E-state index contributed by atoms with van der Waals surface area (Å²) in [4.78, 5) is 12.1. The Balaban J connectivity index is 2.35. The SMILES string of the molecule is COC(=O)CCN(C)S(=O)(=O)NCCc1cccs1. The van der Waals surface area contributed by atoms with E-state index in [2.05, 4.69) is 9.46 Å². The molecule has 1 rings (SSSR count). The predicted octanol–water partition coefficient (Wildman–Crippen LogP) is 0.620. The molecule has 0 saturated carbocycles. The van der Waals surface area contributed by atoms with Crippen LogP contribution in [0.15, 0.2) is 17.5 Å². The van der Waals surface area contributed by atoms with Crippen molar-refractivity contribution in [1.29, 1.82) is 0 Å². The summed E-state index contributed by atoms with van der Waals surface area (Å²) < 4.78 is 31.7. The van der Waals surface area contributed by atoms with Crippen molar-refractivity contribution in [1.82, 2.24) is 9.03 Å². The maximum atomic E-state index is 11.8. The van der Waals surface area contributed by atoms with E-state index in [9.17, 15) is 13.2 Å². The van der Waals surface area contributed by atoms with Crippen molar-refractivity contribution in [2.75, 3.05) is 27.2 Å². The second-order valence-electron chi connectivity index (χ2n) is 3.88. The first-order chi connectivity index (χ1) is 8.95. The summed E-state index contributed by atoms with van der Waals surface area (Å²) >= 11 is 1.59. The smallest absolute Gasteiger partial charge is 0.306 e. The Morgan fingerprint density at radius 2 is 2.26 bits per heavy atom.